The van der Waals surface area contributed by atoms with Crippen LogP contribution in [0.3, 0.4) is 0 Å². The molecule has 5 nitrogen and oxygen atoms in total. The first kappa shape index (κ1) is 19.4. The third-order valence-electron chi connectivity index (χ3n) is 5.88. The number of H-pyrrole nitrogens is 1. The summed E-state index contributed by atoms with van der Waals surface area (Å²) < 4.78 is 43.5. The summed E-state index contributed by atoms with van der Waals surface area (Å²) >= 11 is 0. The third kappa shape index (κ3) is 3.48. The van der Waals surface area contributed by atoms with Crippen LogP contribution in [0.25, 0.3) is 22.2 Å². The normalized spacial score (nSPS) is 18.2. The minimum atomic E-state index is -0.687. The van der Waals surface area contributed by atoms with Crippen LogP contribution in [-0.2, 0) is 11.8 Å². The van der Waals surface area contributed by atoms with E-state index in [0.29, 0.717) is 35.3 Å². The Morgan fingerprint density at radius 3 is 2.52 bits per heavy atom. The van der Waals surface area contributed by atoms with Crippen molar-refractivity contribution in [2.75, 3.05) is 5.32 Å². The number of aromatic amines is 1. The minimum absolute atomic E-state index is 0.0607. The molecule has 0 atom stereocenters. The molecular weight excluding hydrogens is 405 g/mol. The molecule has 2 aromatic carbocycles. The highest BCUT2D eigenvalue weighted by Crippen LogP contribution is 2.48. The number of anilines is 1. The lowest BCUT2D eigenvalue weighted by Gasteiger charge is -2.34. The molecule has 8 heteroatoms. The number of nitrogens with one attached hydrogen (secondary N) is 2. The Kier molecular flexibility index (Phi) is 4.57. The summed E-state index contributed by atoms with van der Waals surface area (Å²) in [5, 5.41) is 7.39. The molecule has 0 bridgehead atoms. The van der Waals surface area contributed by atoms with E-state index in [-0.39, 0.29) is 29.1 Å². The zero-order valence-electron chi connectivity index (χ0n) is 16.6. The summed E-state index contributed by atoms with van der Waals surface area (Å²) in [5.41, 5.74) is 2.25. The highest BCUT2D eigenvalue weighted by Gasteiger charge is 2.38. The zero-order valence-corrected chi connectivity index (χ0v) is 16.6. The maximum atomic E-state index is 14.5. The second-order valence-corrected chi connectivity index (χ2v) is 7.96. The van der Waals surface area contributed by atoms with Crippen molar-refractivity contribution in [1.29, 1.82) is 0 Å². The van der Waals surface area contributed by atoms with Crippen molar-refractivity contribution in [3.05, 3.63) is 71.7 Å². The molecule has 2 N–H and O–H groups in total. The van der Waals surface area contributed by atoms with Crippen molar-refractivity contribution in [3.63, 3.8) is 0 Å². The van der Waals surface area contributed by atoms with E-state index in [4.69, 9.17) is 0 Å². The van der Waals surface area contributed by atoms with E-state index in [1.54, 1.807) is 36.1 Å². The smallest absolute Gasteiger partial charge is 0.228 e. The van der Waals surface area contributed by atoms with Crippen LogP contribution in [0.5, 0.6) is 0 Å². The molecule has 4 aromatic rings. The highest BCUT2D eigenvalue weighted by atomic mass is 19.1. The fourth-order valence-electron chi connectivity index (χ4n) is 4.29. The van der Waals surface area contributed by atoms with Gasteiger partial charge < -0.3 is 10.3 Å². The number of hydrogen-bond donors (Lipinski definition) is 2. The summed E-state index contributed by atoms with van der Waals surface area (Å²) in [6.07, 6.45) is 2.82. The molecule has 0 aliphatic heterocycles. The third-order valence-corrected chi connectivity index (χ3v) is 5.88. The van der Waals surface area contributed by atoms with Crippen LogP contribution in [0, 0.1) is 23.4 Å². The number of amides is 1. The molecule has 1 fully saturated rings. The van der Waals surface area contributed by atoms with Gasteiger partial charge in [-0.2, -0.15) is 5.10 Å². The van der Waals surface area contributed by atoms with E-state index >= 15 is 0 Å². The molecule has 0 saturated heterocycles. The van der Waals surface area contributed by atoms with Crippen molar-refractivity contribution in [1.82, 2.24) is 14.8 Å². The lowest BCUT2D eigenvalue weighted by atomic mass is 9.70. The molecule has 0 unspecified atom stereocenters. The number of carbonyl (C=O) groups excluding carboxylic acids is 1. The molecule has 1 saturated carbocycles. The first-order valence-electron chi connectivity index (χ1n) is 9.96. The van der Waals surface area contributed by atoms with Gasteiger partial charge in [-0.3, -0.25) is 9.48 Å². The van der Waals surface area contributed by atoms with Gasteiger partial charge in [0.05, 0.1) is 11.2 Å². The fourth-order valence-corrected chi connectivity index (χ4v) is 4.29. The monoisotopic (exact) mass is 424 g/mol. The second kappa shape index (κ2) is 7.30. The maximum Gasteiger partial charge on any atom is 0.228 e. The van der Waals surface area contributed by atoms with Crippen molar-refractivity contribution >= 4 is 22.6 Å². The standard InChI is InChI=1S/C23H19F3N4O/c1-30-7-6-19(29-30)27-23(31)14-8-13(9-14)20-17-10-16(25)11-18(26)22(17)28-21(20)12-2-4-15(24)5-3-12/h2-7,10-11,13-14,28H,8-9H2,1H3,(H,27,29,31). The topological polar surface area (TPSA) is 62.7 Å². The van der Waals surface area contributed by atoms with Crippen LogP contribution in [0.2, 0.25) is 0 Å². The number of hydrogen-bond acceptors (Lipinski definition) is 2. The van der Waals surface area contributed by atoms with Crippen LogP contribution in [0.1, 0.15) is 24.3 Å². The molecule has 1 aliphatic rings. The SMILES string of the molecule is Cn1ccc(NC(=O)C2CC(c3c(-c4ccc(F)cc4)[nH]c4c(F)cc(F)cc34)C2)n1. The number of nitrogens with zero attached hydrogens (tertiary/aromatic N) is 2. The van der Waals surface area contributed by atoms with E-state index < -0.39 is 11.6 Å². The molecule has 31 heavy (non-hydrogen) atoms. The van der Waals surface area contributed by atoms with Gasteiger partial charge in [-0.05, 0) is 60.2 Å². The predicted octanol–water partition coefficient (Wildman–Crippen LogP) is 5.12. The summed E-state index contributed by atoms with van der Waals surface area (Å²) in [4.78, 5) is 15.6. The fraction of sp³-hybridized carbons (Fsp3) is 0.217. The van der Waals surface area contributed by atoms with Crippen LogP contribution in [0.15, 0.2) is 48.7 Å². The molecule has 1 aliphatic carbocycles. The van der Waals surface area contributed by atoms with E-state index in [2.05, 4.69) is 15.4 Å². The van der Waals surface area contributed by atoms with Gasteiger partial charge in [0.1, 0.15) is 17.5 Å². The van der Waals surface area contributed by atoms with Crippen LogP contribution < -0.4 is 5.32 Å². The summed E-state index contributed by atoms with van der Waals surface area (Å²) in [5.74, 6) is -1.66. The van der Waals surface area contributed by atoms with Gasteiger partial charge in [0.2, 0.25) is 5.91 Å². The largest absolute Gasteiger partial charge is 0.352 e. The summed E-state index contributed by atoms with van der Waals surface area (Å²) in [6.45, 7) is 0. The zero-order chi connectivity index (χ0) is 21.7. The Morgan fingerprint density at radius 1 is 1.10 bits per heavy atom. The van der Waals surface area contributed by atoms with Gasteiger partial charge in [0.15, 0.2) is 5.82 Å². The first-order chi connectivity index (χ1) is 14.9. The van der Waals surface area contributed by atoms with Crippen molar-refractivity contribution < 1.29 is 18.0 Å². The molecule has 158 valence electrons. The van der Waals surface area contributed by atoms with Crippen LogP contribution in [-0.4, -0.2) is 20.7 Å². The minimum Gasteiger partial charge on any atom is -0.352 e. The van der Waals surface area contributed by atoms with Crippen LogP contribution >= 0.6 is 0 Å². The van der Waals surface area contributed by atoms with Gasteiger partial charge in [-0.1, -0.05) is 0 Å². The van der Waals surface area contributed by atoms with Crippen molar-refractivity contribution in [3.8, 4) is 11.3 Å². The Bertz CT molecular complexity index is 1290. The van der Waals surface area contributed by atoms with Crippen molar-refractivity contribution in [2.45, 2.75) is 18.8 Å². The lowest BCUT2D eigenvalue weighted by Crippen LogP contribution is -2.33. The highest BCUT2D eigenvalue weighted by molar-refractivity contribution is 5.95. The summed E-state index contributed by atoms with van der Waals surface area (Å²) in [6, 6.07) is 9.70. The number of rotatable bonds is 4. The molecule has 0 radical (unpaired) electrons. The number of benzene rings is 2. The molecule has 1 amide bonds. The first-order valence-corrected chi connectivity index (χ1v) is 9.96. The quantitative estimate of drug-likeness (QED) is 0.478. The predicted molar refractivity (Wildman–Crippen MR) is 111 cm³/mol. The number of aryl methyl sites for hydroxylation is 1. The van der Waals surface area contributed by atoms with Gasteiger partial charge in [-0.15, -0.1) is 0 Å². The Balaban J connectivity index is 1.47. The summed E-state index contributed by atoms with van der Waals surface area (Å²) in [7, 11) is 1.77. The Hall–Kier alpha value is -3.55. The molecule has 2 heterocycles. The Labute approximate surface area is 175 Å². The van der Waals surface area contributed by atoms with Crippen molar-refractivity contribution in [2.24, 2.45) is 13.0 Å². The number of carbonyl (C=O) groups is 1. The van der Waals surface area contributed by atoms with E-state index in [9.17, 15) is 18.0 Å². The van der Waals surface area contributed by atoms with Gasteiger partial charge in [0.25, 0.3) is 0 Å². The van der Waals surface area contributed by atoms with E-state index in [1.165, 1.54) is 18.2 Å². The van der Waals surface area contributed by atoms with E-state index in [0.717, 1.165) is 11.6 Å². The maximum absolute atomic E-state index is 14.5. The van der Waals surface area contributed by atoms with Gasteiger partial charge >= 0.3 is 0 Å². The second-order valence-electron chi connectivity index (χ2n) is 7.96. The molecule has 2 aromatic heterocycles. The number of fused-ring (bicyclic) bond motifs is 1. The molecule has 0 spiro atoms. The van der Waals surface area contributed by atoms with E-state index in [1.807, 2.05) is 0 Å². The average molecular weight is 424 g/mol. The van der Waals surface area contributed by atoms with Gasteiger partial charge in [-0.25, -0.2) is 13.2 Å². The van der Waals surface area contributed by atoms with Gasteiger partial charge in [0, 0.05) is 36.7 Å². The lowest BCUT2D eigenvalue weighted by molar-refractivity contribution is -0.122. The average Bonchev–Trinajstić information content (AvgIpc) is 3.25. The van der Waals surface area contributed by atoms with Crippen LogP contribution in [0.4, 0.5) is 19.0 Å². The number of aromatic nitrogens is 3. The Morgan fingerprint density at radius 2 is 1.84 bits per heavy atom. The number of halogens is 3. The molecule has 5 rings (SSSR count). The molecular formula is C23H19F3N4O.